The standard InChI is InChI=1S/C27H57NO4Si/c1-9-12-13-14-15-16-17-18-19-24(20-23-32-33(7,8)27(4,5)6)25(28(10-2)11-3)21-22-31-26(29)30/h24-25H,9-23H2,1-8H3,(H,29,30). The van der Waals surface area contributed by atoms with Gasteiger partial charge in [-0.25, -0.2) is 4.79 Å². The maximum atomic E-state index is 10.9. The van der Waals surface area contributed by atoms with Crippen molar-refractivity contribution in [3.63, 3.8) is 0 Å². The predicted octanol–water partition coefficient (Wildman–Crippen LogP) is 8.34. The van der Waals surface area contributed by atoms with Crippen molar-refractivity contribution in [2.75, 3.05) is 26.3 Å². The van der Waals surface area contributed by atoms with E-state index in [9.17, 15) is 4.79 Å². The Kier molecular flexibility index (Phi) is 17.5. The fourth-order valence-corrected chi connectivity index (χ4v) is 5.49. The minimum atomic E-state index is -1.77. The Hall–Kier alpha value is -0.593. The third-order valence-corrected chi connectivity index (χ3v) is 12.2. The minimum absolute atomic E-state index is 0.216. The molecule has 2 unspecified atom stereocenters. The molecule has 0 fully saturated rings. The summed E-state index contributed by atoms with van der Waals surface area (Å²) in [7, 11) is -1.77. The topological polar surface area (TPSA) is 59.0 Å². The Morgan fingerprint density at radius 1 is 0.848 bits per heavy atom. The lowest BCUT2D eigenvalue weighted by Gasteiger charge is -2.39. The van der Waals surface area contributed by atoms with Gasteiger partial charge in [0.15, 0.2) is 8.32 Å². The zero-order chi connectivity index (χ0) is 25.3. The van der Waals surface area contributed by atoms with Crippen LogP contribution in [-0.2, 0) is 9.16 Å². The highest BCUT2D eigenvalue weighted by molar-refractivity contribution is 6.74. The van der Waals surface area contributed by atoms with Gasteiger partial charge in [-0.1, -0.05) is 92.9 Å². The van der Waals surface area contributed by atoms with Gasteiger partial charge in [0.25, 0.3) is 0 Å². The van der Waals surface area contributed by atoms with Crippen LogP contribution in [0.2, 0.25) is 18.1 Å². The number of ether oxygens (including phenoxy) is 1. The molecule has 0 saturated heterocycles. The van der Waals surface area contributed by atoms with Crippen LogP contribution in [0.4, 0.5) is 4.79 Å². The van der Waals surface area contributed by atoms with E-state index in [0.717, 1.165) is 32.5 Å². The van der Waals surface area contributed by atoms with Gasteiger partial charge in [0.2, 0.25) is 0 Å². The highest BCUT2D eigenvalue weighted by atomic mass is 28.4. The normalized spacial score (nSPS) is 14.5. The molecule has 0 amide bonds. The molecule has 0 spiro atoms. The quantitative estimate of drug-likeness (QED) is 0.106. The van der Waals surface area contributed by atoms with Crippen molar-refractivity contribution in [2.24, 2.45) is 5.92 Å². The maximum absolute atomic E-state index is 10.9. The van der Waals surface area contributed by atoms with E-state index in [-0.39, 0.29) is 11.6 Å². The molecule has 0 aromatic rings. The van der Waals surface area contributed by atoms with Gasteiger partial charge >= 0.3 is 6.16 Å². The van der Waals surface area contributed by atoms with E-state index in [1.807, 2.05) is 0 Å². The van der Waals surface area contributed by atoms with Gasteiger partial charge < -0.3 is 19.2 Å². The zero-order valence-electron chi connectivity index (χ0n) is 23.4. The molecule has 0 heterocycles. The van der Waals surface area contributed by atoms with Crippen molar-refractivity contribution >= 4 is 14.5 Å². The van der Waals surface area contributed by atoms with Gasteiger partial charge in [-0.05, 0) is 56.4 Å². The molecular formula is C27H57NO4Si. The van der Waals surface area contributed by atoms with Crippen molar-refractivity contribution in [3.05, 3.63) is 0 Å². The van der Waals surface area contributed by atoms with Crippen molar-refractivity contribution in [3.8, 4) is 0 Å². The van der Waals surface area contributed by atoms with Crippen LogP contribution < -0.4 is 0 Å². The van der Waals surface area contributed by atoms with Crippen molar-refractivity contribution in [2.45, 2.75) is 136 Å². The van der Waals surface area contributed by atoms with E-state index in [1.54, 1.807) is 0 Å². The average molecular weight is 488 g/mol. The van der Waals surface area contributed by atoms with Crippen LogP contribution in [0.15, 0.2) is 0 Å². The number of carbonyl (C=O) groups is 1. The molecule has 0 radical (unpaired) electrons. The summed E-state index contributed by atoms with van der Waals surface area (Å²) < 4.78 is 11.5. The lowest BCUT2D eigenvalue weighted by atomic mass is 9.87. The fourth-order valence-electron chi connectivity index (χ4n) is 4.43. The maximum Gasteiger partial charge on any atom is 0.505 e. The molecule has 0 aromatic carbocycles. The molecule has 1 N–H and O–H groups in total. The van der Waals surface area contributed by atoms with Gasteiger partial charge in [-0.15, -0.1) is 0 Å². The van der Waals surface area contributed by atoms with E-state index in [0.29, 0.717) is 12.0 Å². The summed E-state index contributed by atoms with van der Waals surface area (Å²) in [6.07, 6.45) is 12.4. The summed E-state index contributed by atoms with van der Waals surface area (Å²) in [5.41, 5.74) is 0. The first-order chi connectivity index (χ1) is 15.5. The van der Waals surface area contributed by atoms with Gasteiger partial charge in [0, 0.05) is 12.6 Å². The molecule has 2 atom stereocenters. The molecular weight excluding hydrogens is 430 g/mol. The SMILES string of the molecule is CCCCCCCCCCC(CCO[Si](C)(C)C(C)(C)C)C(CCOC(=O)O)N(CC)CC. The van der Waals surface area contributed by atoms with Crippen LogP contribution in [-0.4, -0.2) is 56.8 Å². The van der Waals surface area contributed by atoms with Gasteiger partial charge in [-0.2, -0.15) is 0 Å². The monoisotopic (exact) mass is 487 g/mol. The largest absolute Gasteiger partial charge is 0.505 e. The number of hydrogen-bond acceptors (Lipinski definition) is 4. The van der Waals surface area contributed by atoms with Gasteiger partial charge in [0.1, 0.15) is 0 Å². The lowest BCUT2D eigenvalue weighted by Crippen LogP contribution is -2.44. The molecule has 0 rings (SSSR count). The molecule has 0 aliphatic carbocycles. The Bertz CT molecular complexity index is 489. The second kappa shape index (κ2) is 17.8. The van der Waals surface area contributed by atoms with E-state index in [2.05, 4.69) is 59.5 Å². The molecule has 5 nitrogen and oxygen atoms in total. The van der Waals surface area contributed by atoms with E-state index in [4.69, 9.17) is 14.3 Å². The second-order valence-electron chi connectivity index (χ2n) is 11.1. The van der Waals surface area contributed by atoms with Crippen molar-refractivity contribution in [1.82, 2.24) is 4.90 Å². The molecule has 0 aliphatic rings. The summed E-state index contributed by atoms with van der Waals surface area (Å²) >= 11 is 0. The number of rotatable bonds is 20. The molecule has 33 heavy (non-hydrogen) atoms. The summed E-state index contributed by atoms with van der Waals surface area (Å²) in [5.74, 6) is 0.507. The lowest BCUT2D eigenvalue weighted by molar-refractivity contribution is 0.0630. The van der Waals surface area contributed by atoms with E-state index < -0.39 is 14.5 Å². The Balaban J connectivity index is 5.05. The molecule has 0 aliphatic heterocycles. The van der Waals surface area contributed by atoms with Gasteiger partial charge in [-0.3, -0.25) is 0 Å². The smallest absolute Gasteiger partial charge is 0.450 e. The predicted molar refractivity (Wildman–Crippen MR) is 144 cm³/mol. The zero-order valence-corrected chi connectivity index (χ0v) is 24.4. The van der Waals surface area contributed by atoms with Crippen LogP contribution in [0.1, 0.15) is 112 Å². The number of unbranched alkanes of at least 4 members (excludes halogenated alkanes) is 7. The molecule has 6 heteroatoms. The molecule has 0 saturated carbocycles. The summed E-state index contributed by atoms with van der Waals surface area (Å²) in [6.45, 7) is 21.2. The number of nitrogens with zero attached hydrogens (tertiary/aromatic N) is 1. The summed E-state index contributed by atoms with van der Waals surface area (Å²) in [5, 5.41) is 9.17. The first kappa shape index (κ1) is 32.4. The van der Waals surface area contributed by atoms with Gasteiger partial charge in [0.05, 0.1) is 6.61 Å². The number of hydrogen-bond donors (Lipinski definition) is 1. The van der Waals surface area contributed by atoms with Crippen LogP contribution in [0.3, 0.4) is 0 Å². The summed E-state index contributed by atoms with van der Waals surface area (Å²) in [6, 6.07) is 0.340. The average Bonchev–Trinajstić information content (AvgIpc) is 2.73. The van der Waals surface area contributed by atoms with Crippen LogP contribution >= 0.6 is 0 Å². The molecule has 198 valence electrons. The van der Waals surface area contributed by atoms with Crippen molar-refractivity contribution < 1.29 is 19.1 Å². The first-order valence-electron chi connectivity index (χ1n) is 13.7. The van der Waals surface area contributed by atoms with E-state index in [1.165, 1.54) is 57.8 Å². The first-order valence-corrected chi connectivity index (χ1v) is 16.6. The Morgan fingerprint density at radius 3 is 1.88 bits per heavy atom. The van der Waals surface area contributed by atoms with Crippen LogP contribution in [0.25, 0.3) is 0 Å². The van der Waals surface area contributed by atoms with Crippen LogP contribution in [0.5, 0.6) is 0 Å². The molecule has 0 aromatic heterocycles. The third kappa shape index (κ3) is 14.4. The highest BCUT2D eigenvalue weighted by Gasteiger charge is 2.37. The number of carboxylic acid groups (broad SMARTS) is 1. The Morgan fingerprint density at radius 2 is 1.39 bits per heavy atom. The van der Waals surface area contributed by atoms with Crippen LogP contribution in [0, 0.1) is 5.92 Å². The Labute approximate surface area is 207 Å². The third-order valence-electron chi connectivity index (χ3n) is 7.65. The van der Waals surface area contributed by atoms with E-state index >= 15 is 0 Å². The second-order valence-corrected chi connectivity index (χ2v) is 15.9. The minimum Gasteiger partial charge on any atom is -0.450 e. The highest BCUT2D eigenvalue weighted by Crippen LogP contribution is 2.37. The fraction of sp³-hybridized carbons (Fsp3) is 0.963. The summed E-state index contributed by atoms with van der Waals surface area (Å²) in [4.78, 5) is 13.4. The van der Waals surface area contributed by atoms with Crippen molar-refractivity contribution in [1.29, 1.82) is 0 Å². The molecule has 0 bridgehead atoms.